The predicted molar refractivity (Wildman–Crippen MR) is 88.6 cm³/mol. The molecule has 2 heterocycles. The highest BCUT2D eigenvalue weighted by Crippen LogP contribution is 2.27. The van der Waals surface area contributed by atoms with Gasteiger partial charge in [-0.15, -0.1) is 5.10 Å². The first kappa shape index (κ1) is 14.2. The topological polar surface area (TPSA) is 83.8 Å². The quantitative estimate of drug-likeness (QED) is 0.775. The summed E-state index contributed by atoms with van der Waals surface area (Å²) in [6, 6.07) is 16.2. The van der Waals surface area contributed by atoms with Crippen molar-refractivity contribution in [3.8, 4) is 0 Å². The number of carboxylic acid groups (broad SMARTS) is 1. The molecule has 0 saturated carbocycles. The van der Waals surface area contributed by atoms with Crippen molar-refractivity contribution in [2.45, 2.75) is 6.23 Å². The molecule has 6 heteroatoms. The molecule has 6 nitrogen and oxygen atoms in total. The van der Waals surface area contributed by atoms with Gasteiger partial charge in [0.1, 0.15) is 0 Å². The summed E-state index contributed by atoms with van der Waals surface area (Å²) >= 11 is 0. The number of aromatic nitrogens is 1. The van der Waals surface area contributed by atoms with E-state index in [0.717, 1.165) is 16.5 Å². The van der Waals surface area contributed by atoms with Gasteiger partial charge >= 0.3 is 5.97 Å². The van der Waals surface area contributed by atoms with Crippen LogP contribution in [0.15, 0.2) is 65.9 Å². The highest BCUT2D eigenvalue weighted by molar-refractivity contribution is 5.98. The lowest BCUT2D eigenvalue weighted by Gasteiger charge is -2.13. The molecular weight excluding hydrogens is 306 g/mol. The Morgan fingerprint density at radius 2 is 2.00 bits per heavy atom. The molecule has 4 rings (SSSR count). The van der Waals surface area contributed by atoms with Crippen LogP contribution in [0.5, 0.6) is 0 Å². The fourth-order valence-electron chi connectivity index (χ4n) is 2.68. The second kappa shape index (κ2) is 5.66. The molecule has 1 unspecified atom stereocenters. The number of para-hydroxylation sites is 1. The fraction of sp³-hybridized carbons (Fsp3) is 0.0556. The molecule has 0 saturated heterocycles. The first-order chi connectivity index (χ1) is 11.7. The second-order valence-electron chi connectivity index (χ2n) is 5.35. The number of aromatic carboxylic acids is 1. The molecule has 3 aromatic rings. The summed E-state index contributed by atoms with van der Waals surface area (Å²) in [7, 11) is 0. The van der Waals surface area contributed by atoms with E-state index in [4.69, 9.17) is 9.84 Å². The highest BCUT2D eigenvalue weighted by atomic mass is 16.5. The Labute approximate surface area is 137 Å². The summed E-state index contributed by atoms with van der Waals surface area (Å²) in [5.74, 6) is -0.621. The lowest BCUT2D eigenvalue weighted by atomic mass is 10.1. The SMILES string of the molecule is O=C(O)c1cccc(C2=NNC(c3ccnc4ccccc34)O2)c1. The van der Waals surface area contributed by atoms with Crippen LogP contribution in [0.2, 0.25) is 0 Å². The number of carbonyl (C=O) groups is 1. The van der Waals surface area contributed by atoms with Crippen LogP contribution in [0.3, 0.4) is 0 Å². The molecule has 0 spiro atoms. The van der Waals surface area contributed by atoms with E-state index in [-0.39, 0.29) is 5.56 Å². The molecular formula is C18H13N3O3. The smallest absolute Gasteiger partial charge is 0.335 e. The summed E-state index contributed by atoms with van der Waals surface area (Å²) in [5, 5.41) is 14.3. The number of nitrogens with zero attached hydrogens (tertiary/aromatic N) is 2. The van der Waals surface area contributed by atoms with Gasteiger partial charge in [-0.25, -0.2) is 4.79 Å². The first-order valence-electron chi connectivity index (χ1n) is 7.39. The minimum atomic E-state index is -0.986. The number of carboxylic acids is 1. The number of rotatable bonds is 3. The van der Waals surface area contributed by atoms with Crippen molar-refractivity contribution in [2.75, 3.05) is 0 Å². The zero-order chi connectivity index (χ0) is 16.5. The van der Waals surface area contributed by atoms with Crippen LogP contribution in [0.25, 0.3) is 10.9 Å². The predicted octanol–water partition coefficient (Wildman–Crippen LogP) is 2.91. The summed E-state index contributed by atoms with van der Waals surface area (Å²) < 4.78 is 5.89. The Hall–Kier alpha value is -3.41. The average molecular weight is 319 g/mol. The molecule has 118 valence electrons. The van der Waals surface area contributed by atoms with Gasteiger partial charge in [0.15, 0.2) is 0 Å². The third-order valence-corrected chi connectivity index (χ3v) is 3.83. The Bertz CT molecular complexity index is 963. The van der Waals surface area contributed by atoms with Gasteiger partial charge in [-0.05, 0) is 30.3 Å². The molecule has 0 amide bonds. The van der Waals surface area contributed by atoms with Gasteiger partial charge in [-0.1, -0.05) is 24.3 Å². The lowest BCUT2D eigenvalue weighted by Crippen LogP contribution is -2.13. The largest absolute Gasteiger partial charge is 0.478 e. The van der Waals surface area contributed by atoms with Crippen molar-refractivity contribution in [3.63, 3.8) is 0 Å². The van der Waals surface area contributed by atoms with E-state index in [1.165, 1.54) is 12.1 Å². The number of hydrogen-bond acceptors (Lipinski definition) is 5. The van der Waals surface area contributed by atoms with Crippen molar-refractivity contribution >= 4 is 22.8 Å². The molecule has 0 fully saturated rings. The van der Waals surface area contributed by atoms with E-state index in [1.807, 2.05) is 30.3 Å². The average Bonchev–Trinajstić information content (AvgIpc) is 3.11. The molecule has 24 heavy (non-hydrogen) atoms. The van der Waals surface area contributed by atoms with E-state index in [2.05, 4.69) is 15.5 Å². The zero-order valence-corrected chi connectivity index (χ0v) is 12.5. The van der Waals surface area contributed by atoms with Crippen molar-refractivity contribution in [3.05, 3.63) is 77.5 Å². The molecule has 1 aliphatic heterocycles. The van der Waals surface area contributed by atoms with Gasteiger partial charge in [0.2, 0.25) is 12.1 Å². The minimum Gasteiger partial charge on any atom is -0.478 e. The number of fused-ring (bicyclic) bond motifs is 1. The van der Waals surface area contributed by atoms with E-state index in [0.29, 0.717) is 11.5 Å². The maximum Gasteiger partial charge on any atom is 0.335 e. The Morgan fingerprint density at radius 1 is 1.12 bits per heavy atom. The minimum absolute atomic E-state index is 0.191. The van der Waals surface area contributed by atoms with E-state index < -0.39 is 12.2 Å². The molecule has 0 radical (unpaired) electrons. The van der Waals surface area contributed by atoms with Crippen LogP contribution in [0.4, 0.5) is 0 Å². The Kier molecular flexibility index (Phi) is 3.35. The third kappa shape index (κ3) is 2.44. The van der Waals surface area contributed by atoms with Crippen LogP contribution in [0, 0.1) is 0 Å². The summed E-state index contributed by atoms with van der Waals surface area (Å²) in [5.41, 5.74) is 5.56. The number of hydrazone groups is 1. The normalized spacial score (nSPS) is 16.3. The standard InChI is InChI=1S/C18H13N3O3/c22-18(23)12-5-3-4-11(10-12)16-20-21-17(24-16)14-8-9-19-15-7-2-1-6-13(14)15/h1-10,17,21H,(H,22,23). The van der Waals surface area contributed by atoms with E-state index in [9.17, 15) is 4.79 Å². The molecule has 1 aliphatic rings. The Balaban J connectivity index is 1.64. The number of ether oxygens (including phenoxy) is 1. The van der Waals surface area contributed by atoms with Gasteiger partial charge in [-0.2, -0.15) is 0 Å². The van der Waals surface area contributed by atoms with E-state index >= 15 is 0 Å². The van der Waals surface area contributed by atoms with Gasteiger partial charge < -0.3 is 9.84 Å². The Morgan fingerprint density at radius 3 is 2.88 bits per heavy atom. The van der Waals surface area contributed by atoms with Crippen LogP contribution >= 0.6 is 0 Å². The molecule has 2 N–H and O–H groups in total. The molecule has 0 bridgehead atoms. The first-order valence-corrected chi connectivity index (χ1v) is 7.39. The van der Waals surface area contributed by atoms with Crippen molar-refractivity contribution in [2.24, 2.45) is 5.10 Å². The van der Waals surface area contributed by atoms with Gasteiger partial charge in [-0.3, -0.25) is 10.4 Å². The number of pyridine rings is 1. The third-order valence-electron chi connectivity index (χ3n) is 3.83. The molecule has 1 atom stereocenters. The molecule has 2 aromatic carbocycles. The summed E-state index contributed by atoms with van der Waals surface area (Å²) in [6.07, 6.45) is 1.28. The zero-order valence-electron chi connectivity index (χ0n) is 12.5. The highest BCUT2D eigenvalue weighted by Gasteiger charge is 2.24. The molecule has 1 aromatic heterocycles. The summed E-state index contributed by atoms with van der Waals surface area (Å²) in [6.45, 7) is 0. The van der Waals surface area contributed by atoms with Gasteiger partial charge in [0, 0.05) is 22.7 Å². The maximum atomic E-state index is 11.1. The number of nitrogens with one attached hydrogen (secondary N) is 1. The van der Waals surface area contributed by atoms with Crippen LogP contribution in [-0.4, -0.2) is 22.0 Å². The lowest BCUT2D eigenvalue weighted by molar-refractivity contribution is 0.0697. The fourth-order valence-corrected chi connectivity index (χ4v) is 2.68. The van der Waals surface area contributed by atoms with Crippen LogP contribution < -0.4 is 5.43 Å². The van der Waals surface area contributed by atoms with Crippen molar-refractivity contribution in [1.82, 2.24) is 10.4 Å². The van der Waals surface area contributed by atoms with E-state index in [1.54, 1.807) is 18.3 Å². The number of benzene rings is 2. The van der Waals surface area contributed by atoms with Crippen molar-refractivity contribution < 1.29 is 14.6 Å². The molecule has 0 aliphatic carbocycles. The number of hydrogen-bond donors (Lipinski definition) is 2. The second-order valence-corrected chi connectivity index (χ2v) is 5.35. The van der Waals surface area contributed by atoms with Crippen LogP contribution in [-0.2, 0) is 4.74 Å². The van der Waals surface area contributed by atoms with Gasteiger partial charge in [0.05, 0.1) is 11.1 Å². The van der Waals surface area contributed by atoms with Gasteiger partial charge in [0.25, 0.3) is 0 Å². The monoisotopic (exact) mass is 319 g/mol. The maximum absolute atomic E-state index is 11.1. The van der Waals surface area contributed by atoms with Crippen LogP contribution in [0.1, 0.15) is 27.7 Å². The summed E-state index contributed by atoms with van der Waals surface area (Å²) in [4.78, 5) is 15.4. The van der Waals surface area contributed by atoms with Crippen molar-refractivity contribution in [1.29, 1.82) is 0 Å².